The second kappa shape index (κ2) is 5.26. The number of Topliss-reactive ketones (excluding diaryl/α,β-unsaturated/α-hetero) is 1. The van der Waals surface area contributed by atoms with Crippen LogP contribution in [0.4, 0.5) is 0 Å². The first-order valence-electron chi connectivity index (χ1n) is 6.14. The summed E-state index contributed by atoms with van der Waals surface area (Å²) < 4.78 is 0. The molecule has 1 fully saturated rings. The molecule has 0 radical (unpaired) electrons. The standard InChI is InChI=1S/C14H19NO/c15-9-8-14(16)13-7-3-6-12(10-13)11-4-1-2-5-11/h3,6-7,10-11H,1-2,4-5,8-9,15H2. The minimum atomic E-state index is 0.169. The number of hydrogen-bond acceptors (Lipinski definition) is 2. The molecule has 2 heteroatoms. The summed E-state index contributed by atoms with van der Waals surface area (Å²) in [6.07, 6.45) is 5.65. The summed E-state index contributed by atoms with van der Waals surface area (Å²) >= 11 is 0. The summed E-state index contributed by atoms with van der Waals surface area (Å²) in [6, 6.07) is 8.11. The maximum atomic E-state index is 11.7. The van der Waals surface area contributed by atoms with E-state index in [1.165, 1.54) is 31.2 Å². The Morgan fingerprint density at radius 1 is 1.31 bits per heavy atom. The highest BCUT2D eigenvalue weighted by Crippen LogP contribution is 2.34. The average Bonchev–Trinajstić information content (AvgIpc) is 2.83. The molecule has 1 aliphatic rings. The predicted molar refractivity (Wildman–Crippen MR) is 65.7 cm³/mol. The van der Waals surface area contributed by atoms with Crippen molar-refractivity contribution in [3.05, 3.63) is 35.4 Å². The van der Waals surface area contributed by atoms with E-state index in [2.05, 4.69) is 12.1 Å². The second-order valence-corrected chi connectivity index (χ2v) is 4.57. The largest absolute Gasteiger partial charge is 0.330 e. The first-order valence-corrected chi connectivity index (χ1v) is 6.14. The van der Waals surface area contributed by atoms with E-state index in [4.69, 9.17) is 5.73 Å². The van der Waals surface area contributed by atoms with Crippen LogP contribution in [0.1, 0.15) is 53.9 Å². The number of ketones is 1. The highest BCUT2D eigenvalue weighted by molar-refractivity contribution is 5.96. The van der Waals surface area contributed by atoms with E-state index in [0.717, 1.165) is 5.56 Å². The summed E-state index contributed by atoms with van der Waals surface area (Å²) in [5.41, 5.74) is 7.57. The summed E-state index contributed by atoms with van der Waals surface area (Å²) in [4.78, 5) is 11.7. The quantitative estimate of drug-likeness (QED) is 0.788. The van der Waals surface area contributed by atoms with Crippen LogP contribution < -0.4 is 5.73 Å². The molecule has 2 rings (SSSR count). The summed E-state index contributed by atoms with van der Waals surface area (Å²) in [5, 5.41) is 0. The Bertz CT molecular complexity index is 367. The van der Waals surface area contributed by atoms with Crippen molar-refractivity contribution in [3.8, 4) is 0 Å². The molecular formula is C14H19NO. The molecule has 0 atom stereocenters. The molecule has 1 saturated carbocycles. The van der Waals surface area contributed by atoms with Gasteiger partial charge in [-0.15, -0.1) is 0 Å². The predicted octanol–water partition coefficient (Wildman–Crippen LogP) is 2.88. The molecule has 86 valence electrons. The average molecular weight is 217 g/mol. The smallest absolute Gasteiger partial charge is 0.164 e. The van der Waals surface area contributed by atoms with Crippen LogP contribution in [0.25, 0.3) is 0 Å². The SMILES string of the molecule is NCCC(=O)c1cccc(C2CCCC2)c1. The van der Waals surface area contributed by atoms with Gasteiger partial charge in [0.2, 0.25) is 0 Å². The molecule has 0 aliphatic heterocycles. The van der Waals surface area contributed by atoms with E-state index in [-0.39, 0.29) is 5.78 Å². The fourth-order valence-electron chi connectivity index (χ4n) is 2.50. The van der Waals surface area contributed by atoms with E-state index < -0.39 is 0 Å². The third kappa shape index (κ3) is 2.50. The van der Waals surface area contributed by atoms with Crippen LogP contribution in [0, 0.1) is 0 Å². The van der Waals surface area contributed by atoms with Crippen LogP contribution in [0.2, 0.25) is 0 Å². The van der Waals surface area contributed by atoms with E-state index in [9.17, 15) is 4.79 Å². The van der Waals surface area contributed by atoms with Gasteiger partial charge >= 0.3 is 0 Å². The molecule has 1 aromatic rings. The normalized spacial score (nSPS) is 16.6. The van der Waals surface area contributed by atoms with Crippen LogP contribution in [0.5, 0.6) is 0 Å². The van der Waals surface area contributed by atoms with Gasteiger partial charge in [-0.1, -0.05) is 31.0 Å². The van der Waals surface area contributed by atoms with Crippen LogP contribution in [0.3, 0.4) is 0 Å². The van der Waals surface area contributed by atoms with E-state index >= 15 is 0 Å². The molecule has 1 aromatic carbocycles. The lowest BCUT2D eigenvalue weighted by Gasteiger charge is -2.10. The van der Waals surface area contributed by atoms with E-state index in [1.807, 2.05) is 12.1 Å². The first-order chi connectivity index (χ1) is 7.81. The van der Waals surface area contributed by atoms with Gasteiger partial charge in [0.25, 0.3) is 0 Å². The van der Waals surface area contributed by atoms with Gasteiger partial charge in [0, 0.05) is 12.0 Å². The fraction of sp³-hybridized carbons (Fsp3) is 0.500. The molecule has 0 amide bonds. The van der Waals surface area contributed by atoms with Gasteiger partial charge in [-0.3, -0.25) is 4.79 Å². The van der Waals surface area contributed by atoms with Crippen LogP contribution in [-0.4, -0.2) is 12.3 Å². The Morgan fingerprint density at radius 3 is 2.75 bits per heavy atom. The second-order valence-electron chi connectivity index (χ2n) is 4.57. The third-order valence-corrected chi connectivity index (χ3v) is 3.41. The third-order valence-electron chi connectivity index (χ3n) is 3.41. The minimum absolute atomic E-state index is 0.169. The summed E-state index contributed by atoms with van der Waals surface area (Å²) in [5.74, 6) is 0.841. The highest BCUT2D eigenvalue weighted by Gasteiger charge is 2.17. The number of nitrogens with two attached hydrogens (primary N) is 1. The number of hydrogen-bond donors (Lipinski definition) is 1. The molecule has 0 heterocycles. The van der Waals surface area contributed by atoms with Crippen molar-refractivity contribution < 1.29 is 4.79 Å². The van der Waals surface area contributed by atoms with Gasteiger partial charge in [-0.05, 0) is 36.9 Å². The van der Waals surface area contributed by atoms with Crippen molar-refractivity contribution in [2.75, 3.05) is 6.54 Å². The molecule has 0 saturated heterocycles. The topological polar surface area (TPSA) is 43.1 Å². The maximum Gasteiger partial charge on any atom is 0.164 e. The van der Waals surface area contributed by atoms with Crippen molar-refractivity contribution in [2.45, 2.75) is 38.0 Å². The van der Waals surface area contributed by atoms with Crippen LogP contribution in [-0.2, 0) is 0 Å². The number of carbonyl (C=O) groups excluding carboxylic acids is 1. The van der Waals surface area contributed by atoms with Crippen molar-refractivity contribution in [2.24, 2.45) is 5.73 Å². The lowest BCUT2D eigenvalue weighted by atomic mass is 9.94. The number of rotatable bonds is 4. The lowest BCUT2D eigenvalue weighted by molar-refractivity contribution is 0.0985. The van der Waals surface area contributed by atoms with Crippen molar-refractivity contribution in [1.29, 1.82) is 0 Å². The van der Waals surface area contributed by atoms with E-state index in [0.29, 0.717) is 18.9 Å². The van der Waals surface area contributed by atoms with Gasteiger partial charge in [0.1, 0.15) is 0 Å². The first kappa shape index (κ1) is 11.3. The molecule has 0 aromatic heterocycles. The molecule has 2 N–H and O–H groups in total. The zero-order valence-electron chi connectivity index (χ0n) is 9.61. The Kier molecular flexibility index (Phi) is 3.73. The van der Waals surface area contributed by atoms with Gasteiger partial charge < -0.3 is 5.73 Å². The van der Waals surface area contributed by atoms with Gasteiger partial charge in [0.05, 0.1) is 0 Å². The molecule has 0 spiro atoms. The molecule has 2 nitrogen and oxygen atoms in total. The maximum absolute atomic E-state index is 11.7. The monoisotopic (exact) mass is 217 g/mol. The molecule has 0 unspecified atom stereocenters. The Labute approximate surface area is 96.8 Å². The van der Waals surface area contributed by atoms with E-state index in [1.54, 1.807) is 0 Å². The zero-order valence-corrected chi connectivity index (χ0v) is 9.61. The molecule has 1 aliphatic carbocycles. The van der Waals surface area contributed by atoms with Gasteiger partial charge in [0.15, 0.2) is 5.78 Å². The van der Waals surface area contributed by atoms with Crippen molar-refractivity contribution in [1.82, 2.24) is 0 Å². The fourth-order valence-corrected chi connectivity index (χ4v) is 2.50. The van der Waals surface area contributed by atoms with Crippen LogP contribution >= 0.6 is 0 Å². The zero-order chi connectivity index (χ0) is 11.4. The Hall–Kier alpha value is -1.15. The molecular weight excluding hydrogens is 198 g/mol. The number of carbonyl (C=O) groups is 1. The highest BCUT2D eigenvalue weighted by atomic mass is 16.1. The minimum Gasteiger partial charge on any atom is -0.330 e. The summed E-state index contributed by atoms with van der Waals surface area (Å²) in [7, 11) is 0. The molecule has 16 heavy (non-hydrogen) atoms. The van der Waals surface area contributed by atoms with Crippen LogP contribution in [0.15, 0.2) is 24.3 Å². The van der Waals surface area contributed by atoms with Crippen molar-refractivity contribution >= 4 is 5.78 Å². The Morgan fingerprint density at radius 2 is 2.06 bits per heavy atom. The van der Waals surface area contributed by atoms with Gasteiger partial charge in [-0.25, -0.2) is 0 Å². The lowest BCUT2D eigenvalue weighted by Crippen LogP contribution is -2.08. The molecule has 0 bridgehead atoms. The Balaban J connectivity index is 2.15. The summed E-state index contributed by atoms with van der Waals surface area (Å²) in [6.45, 7) is 0.437. The number of benzene rings is 1. The van der Waals surface area contributed by atoms with Gasteiger partial charge in [-0.2, -0.15) is 0 Å². The van der Waals surface area contributed by atoms with Crippen molar-refractivity contribution in [3.63, 3.8) is 0 Å².